The fourth-order valence-corrected chi connectivity index (χ4v) is 12.7. The van der Waals surface area contributed by atoms with Crippen molar-refractivity contribution in [3.63, 3.8) is 0 Å². The van der Waals surface area contributed by atoms with Crippen molar-refractivity contribution in [1.29, 1.82) is 0 Å². The summed E-state index contributed by atoms with van der Waals surface area (Å²) >= 11 is 11.6. The van der Waals surface area contributed by atoms with Crippen molar-refractivity contribution in [1.82, 2.24) is 0 Å². The van der Waals surface area contributed by atoms with E-state index in [2.05, 4.69) is 84.7 Å². The van der Waals surface area contributed by atoms with Crippen LogP contribution in [0.15, 0.2) is 75.3 Å². The van der Waals surface area contributed by atoms with Gasteiger partial charge in [-0.25, -0.2) is 0 Å². The fraction of sp³-hybridized carbons (Fsp3) is 0.286. The van der Waals surface area contributed by atoms with E-state index in [-0.39, 0.29) is 0 Å². The number of hydrogen-bond acceptors (Lipinski definition) is 8. The Kier molecular flexibility index (Phi) is 7.54. The molecule has 0 saturated carbocycles. The lowest BCUT2D eigenvalue weighted by Crippen LogP contribution is -2.30. The lowest BCUT2D eigenvalue weighted by Gasteiger charge is -2.41. The smallest absolute Gasteiger partial charge is 0.0717 e. The van der Waals surface area contributed by atoms with Crippen molar-refractivity contribution in [2.75, 3.05) is 35.4 Å². The highest BCUT2D eigenvalue weighted by molar-refractivity contribution is 8.41. The molecule has 0 amide bonds. The number of benzene rings is 3. The SMILES string of the molecule is CCCN1c2cc3c(cc2N(CCC)c2cc4ccccc4cc21)SC(=C1SC(SC)=C(SC)S1)S3. The molecule has 8 heteroatoms. The summed E-state index contributed by atoms with van der Waals surface area (Å²) in [4.78, 5) is 7.93. The van der Waals surface area contributed by atoms with Crippen LogP contribution in [0.2, 0.25) is 0 Å². The molecule has 3 aliphatic rings. The zero-order valence-electron chi connectivity index (χ0n) is 20.8. The van der Waals surface area contributed by atoms with Crippen LogP contribution in [0.1, 0.15) is 26.7 Å². The first-order valence-corrected chi connectivity index (χ1v) is 17.9. The van der Waals surface area contributed by atoms with E-state index in [9.17, 15) is 0 Å². The van der Waals surface area contributed by atoms with Gasteiger partial charge < -0.3 is 9.80 Å². The molecule has 0 fully saturated rings. The highest BCUT2D eigenvalue weighted by Gasteiger charge is 2.33. The Morgan fingerprint density at radius 2 is 1.03 bits per heavy atom. The predicted octanol–water partition coefficient (Wildman–Crippen LogP) is 10.9. The summed E-state index contributed by atoms with van der Waals surface area (Å²) in [6.07, 6.45) is 6.61. The first kappa shape index (κ1) is 25.4. The molecule has 6 rings (SSSR count). The second-order valence-corrected chi connectivity index (χ2v) is 15.6. The monoisotopic (exact) mass is 584 g/mol. The number of hydrogen-bond donors (Lipinski definition) is 0. The molecule has 186 valence electrons. The Morgan fingerprint density at radius 1 is 0.611 bits per heavy atom. The van der Waals surface area contributed by atoms with Crippen molar-refractivity contribution in [2.45, 2.75) is 36.5 Å². The minimum Gasteiger partial charge on any atom is -0.338 e. The molecule has 3 aliphatic heterocycles. The van der Waals surface area contributed by atoms with E-state index in [0.717, 1.165) is 25.9 Å². The molecule has 0 radical (unpaired) electrons. The van der Waals surface area contributed by atoms with Gasteiger partial charge in [0.25, 0.3) is 0 Å². The minimum absolute atomic E-state index is 1.02. The summed E-state index contributed by atoms with van der Waals surface area (Å²) in [7, 11) is 0. The zero-order valence-corrected chi connectivity index (χ0v) is 25.7. The van der Waals surface area contributed by atoms with Gasteiger partial charge in [0.15, 0.2) is 0 Å². The molecular weight excluding hydrogens is 557 g/mol. The molecule has 2 nitrogen and oxygen atoms in total. The van der Waals surface area contributed by atoms with Gasteiger partial charge in [0.1, 0.15) is 0 Å². The Bertz CT molecular complexity index is 1310. The lowest BCUT2D eigenvalue weighted by molar-refractivity contribution is 0.837. The van der Waals surface area contributed by atoms with Crippen LogP contribution < -0.4 is 9.80 Å². The van der Waals surface area contributed by atoms with E-state index < -0.39 is 0 Å². The summed E-state index contributed by atoms with van der Waals surface area (Å²) in [6.45, 7) is 6.61. The maximum absolute atomic E-state index is 2.57. The summed E-state index contributed by atoms with van der Waals surface area (Å²) in [5.41, 5.74) is 5.38. The third kappa shape index (κ3) is 4.39. The van der Waals surface area contributed by atoms with E-state index in [1.165, 1.54) is 60.3 Å². The Morgan fingerprint density at radius 3 is 1.44 bits per heavy atom. The molecule has 0 saturated heterocycles. The van der Waals surface area contributed by atoms with Crippen molar-refractivity contribution < 1.29 is 0 Å². The van der Waals surface area contributed by atoms with Gasteiger partial charge in [-0.2, -0.15) is 0 Å². The molecule has 3 heterocycles. The highest BCUT2D eigenvalue weighted by atomic mass is 32.3. The molecule has 3 aromatic carbocycles. The van der Waals surface area contributed by atoms with Gasteiger partial charge >= 0.3 is 0 Å². The normalized spacial score (nSPS) is 16.8. The van der Waals surface area contributed by atoms with Crippen molar-refractivity contribution in [3.8, 4) is 0 Å². The van der Waals surface area contributed by atoms with E-state index >= 15 is 0 Å². The Balaban J connectivity index is 1.45. The van der Waals surface area contributed by atoms with E-state index in [1.807, 2.05) is 70.6 Å². The van der Waals surface area contributed by atoms with Crippen LogP contribution in [0.4, 0.5) is 22.7 Å². The molecule has 0 N–H and O–H groups in total. The van der Waals surface area contributed by atoms with Gasteiger partial charge in [0.05, 0.1) is 39.7 Å². The zero-order chi connectivity index (χ0) is 24.8. The van der Waals surface area contributed by atoms with E-state index in [1.54, 1.807) is 0 Å². The molecule has 0 spiro atoms. The van der Waals surface area contributed by atoms with Gasteiger partial charge in [0, 0.05) is 22.9 Å². The largest absolute Gasteiger partial charge is 0.338 e. The summed E-state index contributed by atoms with van der Waals surface area (Å²) < 4.78 is 5.76. The third-order valence-corrected chi connectivity index (χ3v) is 14.7. The first-order valence-electron chi connectivity index (χ1n) is 12.2. The standard InChI is InChI=1S/C28H28N2S6/c1-5-11-29-19-13-17-9-7-8-10-18(17)14-20(19)30(12-6-2)22-16-24-23(15-21(22)29)33-27(34-24)28-35-25(31-3)26(32-4)36-28/h7-10,13-16H,5-6,11-12H2,1-4H3. The molecule has 0 aliphatic carbocycles. The molecule has 3 aromatic rings. The highest BCUT2D eigenvalue weighted by Crippen LogP contribution is 2.65. The van der Waals surface area contributed by atoms with E-state index in [0.29, 0.717) is 0 Å². The van der Waals surface area contributed by atoms with Crippen molar-refractivity contribution in [3.05, 3.63) is 65.5 Å². The molecule has 0 aromatic heterocycles. The summed E-state index contributed by atoms with van der Waals surface area (Å²) in [5, 5.41) is 2.62. The minimum atomic E-state index is 1.02. The van der Waals surface area contributed by atoms with Gasteiger partial charge in [0.2, 0.25) is 0 Å². The predicted molar refractivity (Wildman–Crippen MR) is 173 cm³/mol. The quantitative estimate of drug-likeness (QED) is 0.279. The number of nitrogens with zero attached hydrogens (tertiary/aromatic N) is 2. The average Bonchev–Trinajstić information content (AvgIpc) is 3.52. The topological polar surface area (TPSA) is 6.48 Å². The van der Waals surface area contributed by atoms with E-state index in [4.69, 9.17) is 0 Å². The van der Waals surface area contributed by atoms with Crippen molar-refractivity contribution >= 4 is 104 Å². The Labute approximate surface area is 239 Å². The van der Waals surface area contributed by atoms with Gasteiger partial charge in [-0.05, 0) is 60.4 Å². The molecule has 0 bridgehead atoms. The number of anilines is 4. The summed E-state index contributed by atoms with van der Waals surface area (Å²) in [5.74, 6) is 0. The van der Waals surface area contributed by atoms with Crippen LogP contribution in [0.25, 0.3) is 10.8 Å². The first-order chi connectivity index (χ1) is 17.6. The number of fused-ring (bicyclic) bond motifs is 4. The third-order valence-electron chi connectivity index (χ3n) is 6.42. The number of thioether (sulfide) groups is 6. The molecule has 0 atom stereocenters. The number of rotatable bonds is 6. The van der Waals surface area contributed by atoms with Crippen LogP contribution in [-0.2, 0) is 0 Å². The average molecular weight is 585 g/mol. The van der Waals surface area contributed by atoms with Crippen molar-refractivity contribution in [2.24, 2.45) is 0 Å². The van der Waals surface area contributed by atoms with Crippen LogP contribution in [0, 0.1) is 0 Å². The fourth-order valence-electron chi connectivity index (χ4n) is 4.88. The second kappa shape index (κ2) is 10.7. The maximum Gasteiger partial charge on any atom is 0.0717 e. The van der Waals surface area contributed by atoms with Gasteiger partial charge in [-0.1, -0.05) is 85.2 Å². The van der Waals surface area contributed by atoms with Gasteiger partial charge in [-0.3, -0.25) is 0 Å². The van der Waals surface area contributed by atoms with Gasteiger partial charge in [-0.15, -0.1) is 23.5 Å². The lowest BCUT2D eigenvalue weighted by atomic mass is 10.0. The van der Waals surface area contributed by atoms with Crippen LogP contribution >= 0.6 is 70.6 Å². The molecular formula is C28H28N2S6. The molecule has 0 unspecified atom stereocenters. The van der Waals surface area contributed by atoms with Crippen LogP contribution in [-0.4, -0.2) is 25.6 Å². The van der Waals surface area contributed by atoms with Crippen LogP contribution in [0.5, 0.6) is 0 Å². The maximum atomic E-state index is 2.57. The second-order valence-electron chi connectivity index (χ2n) is 8.75. The Hall–Kier alpha value is -0.900. The summed E-state index contributed by atoms with van der Waals surface area (Å²) in [6, 6.07) is 18.5. The van der Waals surface area contributed by atoms with Crippen LogP contribution in [0.3, 0.4) is 0 Å². The molecule has 36 heavy (non-hydrogen) atoms.